The van der Waals surface area contributed by atoms with Gasteiger partial charge in [0.2, 0.25) is 0 Å². The van der Waals surface area contributed by atoms with E-state index in [1.807, 2.05) is 6.92 Å². The Morgan fingerprint density at radius 1 is 1.25 bits per heavy atom. The van der Waals surface area contributed by atoms with E-state index in [9.17, 15) is 0 Å². The van der Waals surface area contributed by atoms with E-state index in [1.54, 1.807) is 0 Å². The zero-order chi connectivity index (χ0) is 11.4. The molecule has 0 N–H and O–H groups in total. The summed E-state index contributed by atoms with van der Waals surface area (Å²) < 4.78 is 5.52. The summed E-state index contributed by atoms with van der Waals surface area (Å²) in [6.07, 6.45) is 3.20. The van der Waals surface area contributed by atoms with Crippen molar-refractivity contribution in [1.82, 2.24) is 0 Å². The van der Waals surface area contributed by atoms with E-state index in [4.69, 9.17) is 4.74 Å². The van der Waals surface area contributed by atoms with Crippen LogP contribution in [0.3, 0.4) is 0 Å². The Hall–Kier alpha value is -1.44. The highest BCUT2D eigenvalue weighted by Crippen LogP contribution is 2.20. The summed E-state index contributed by atoms with van der Waals surface area (Å²) >= 11 is 0. The van der Waals surface area contributed by atoms with E-state index in [-0.39, 0.29) is 0 Å². The molecular weight excluding hydrogens is 198 g/mol. The molecule has 2 heteroatoms. The Bertz CT molecular complexity index is 367. The van der Waals surface area contributed by atoms with Gasteiger partial charge < -0.3 is 9.64 Å². The molecule has 16 heavy (non-hydrogen) atoms. The van der Waals surface area contributed by atoms with Gasteiger partial charge in [0.25, 0.3) is 0 Å². The van der Waals surface area contributed by atoms with Gasteiger partial charge in [-0.05, 0) is 32.1 Å². The van der Waals surface area contributed by atoms with Crippen molar-refractivity contribution in [3.05, 3.63) is 41.7 Å². The van der Waals surface area contributed by atoms with Crippen LogP contribution in [0.2, 0.25) is 0 Å². The Labute approximate surface area is 97.5 Å². The molecule has 1 aliphatic rings. The smallest absolute Gasteiger partial charge is 0.0955 e. The van der Waals surface area contributed by atoms with Crippen molar-refractivity contribution in [2.45, 2.75) is 20.3 Å². The number of nitrogens with zero attached hydrogens (tertiary/aromatic N) is 1. The van der Waals surface area contributed by atoms with Crippen LogP contribution >= 0.6 is 0 Å². The van der Waals surface area contributed by atoms with Crippen molar-refractivity contribution in [2.24, 2.45) is 0 Å². The molecule has 86 valence electrons. The van der Waals surface area contributed by atoms with Gasteiger partial charge in [-0.2, -0.15) is 0 Å². The third-order valence-corrected chi connectivity index (χ3v) is 2.90. The molecule has 0 amide bonds. The van der Waals surface area contributed by atoms with Crippen LogP contribution < -0.4 is 4.90 Å². The summed E-state index contributed by atoms with van der Waals surface area (Å²) in [6, 6.07) is 8.71. The largest absolute Gasteiger partial charge is 0.498 e. The number of ether oxygens (including phenoxy) is 1. The summed E-state index contributed by atoms with van der Waals surface area (Å²) in [4.78, 5) is 2.38. The summed E-state index contributed by atoms with van der Waals surface area (Å²) in [5, 5.41) is 0. The van der Waals surface area contributed by atoms with Crippen molar-refractivity contribution in [3.63, 3.8) is 0 Å². The first kappa shape index (κ1) is 11.1. The number of aryl methyl sites for hydroxylation is 1. The third-order valence-electron chi connectivity index (χ3n) is 2.90. The van der Waals surface area contributed by atoms with E-state index < -0.39 is 0 Å². The normalized spacial score (nSPS) is 15.9. The minimum atomic E-state index is 0.774. The molecule has 0 radical (unpaired) electrons. The lowest BCUT2D eigenvalue weighted by atomic mass is 10.1. The molecule has 0 aromatic heterocycles. The minimum Gasteiger partial charge on any atom is -0.498 e. The lowest BCUT2D eigenvalue weighted by Crippen LogP contribution is -2.28. The molecule has 0 spiro atoms. The van der Waals surface area contributed by atoms with Crippen LogP contribution in [-0.2, 0) is 4.74 Å². The van der Waals surface area contributed by atoms with Crippen LogP contribution in [0.25, 0.3) is 0 Å². The molecule has 0 fully saturated rings. The van der Waals surface area contributed by atoms with Crippen molar-refractivity contribution in [2.75, 3.05) is 24.6 Å². The van der Waals surface area contributed by atoms with Crippen LogP contribution in [0.15, 0.2) is 36.1 Å². The van der Waals surface area contributed by atoms with Gasteiger partial charge in [-0.25, -0.2) is 0 Å². The maximum Gasteiger partial charge on any atom is 0.0955 e. The van der Waals surface area contributed by atoms with E-state index >= 15 is 0 Å². The third kappa shape index (κ3) is 2.57. The molecule has 0 saturated carbocycles. The van der Waals surface area contributed by atoms with Crippen molar-refractivity contribution in [3.8, 4) is 0 Å². The van der Waals surface area contributed by atoms with Gasteiger partial charge in [0.15, 0.2) is 0 Å². The van der Waals surface area contributed by atoms with Crippen LogP contribution in [0.4, 0.5) is 5.69 Å². The molecule has 0 bridgehead atoms. The maximum atomic E-state index is 5.52. The molecule has 0 aliphatic carbocycles. The van der Waals surface area contributed by atoms with Gasteiger partial charge in [-0.1, -0.05) is 17.7 Å². The number of hydrogen-bond donors (Lipinski definition) is 0. The van der Waals surface area contributed by atoms with Gasteiger partial charge in [-0.15, -0.1) is 0 Å². The highest BCUT2D eigenvalue weighted by Gasteiger charge is 2.12. The topological polar surface area (TPSA) is 12.5 Å². The first-order valence-electron chi connectivity index (χ1n) is 5.93. The lowest BCUT2D eigenvalue weighted by molar-refractivity contribution is 0.215. The fourth-order valence-electron chi connectivity index (χ4n) is 1.96. The van der Waals surface area contributed by atoms with Crippen LogP contribution in [0, 0.1) is 6.92 Å². The first-order valence-corrected chi connectivity index (χ1v) is 5.93. The fraction of sp³-hybridized carbons (Fsp3) is 0.429. The average Bonchev–Trinajstić information content (AvgIpc) is 2.32. The molecule has 1 aromatic carbocycles. The molecule has 0 atom stereocenters. The SMILES string of the molecule is CCOC1=CCN(c2ccc(C)cc2)CC1. The van der Waals surface area contributed by atoms with E-state index in [2.05, 4.69) is 42.2 Å². The van der Waals surface area contributed by atoms with Crippen LogP contribution in [-0.4, -0.2) is 19.7 Å². The van der Waals surface area contributed by atoms with E-state index in [0.717, 1.165) is 31.9 Å². The Balaban J connectivity index is 2.01. The van der Waals surface area contributed by atoms with Crippen LogP contribution in [0.1, 0.15) is 18.9 Å². The number of anilines is 1. The zero-order valence-electron chi connectivity index (χ0n) is 10.1. The van der Waals surface area contributed by atoms with Gasteiger partial charge in [0.05, 0.1) is 12.4 Å². The Morgan fingerprint density at radius 2 is 2.00 bits per heavy atom. The van der Waals surface area contributed by atoms with Crippen LogP contribution in [0.5, 0.6) is 0 Å². The quantitative estimate of drug-likeness (QED) is 0.771. The van der Waals surface area contributed by atoms with Gasteiger partial charge in [0.1, 0.15) is 0 Å². The molecule has 1 aromatic rings. The average molecular weight is 217 g/mol. The Kier molecular flexibility index (Phi) is 3.50. The first-order chi connectivity index (χ1) is 7.79. The van der Waals surface area contributed by atoms with Crippen molar-refractivity contribution < 1.29 is 4.74 Å². The van der Waals surface area contributed by atoms with E-state index in [0.29, 0.717) is 0 Å². The predicted molar refractivity (Wildman–Crippen MR) is 67.7 cm³/mol. The van der Waals surface area contributed by atoms with Gasteiger partial charge in [-0.3, -0.25) is 0 Å². The monoisotopic (exact) mass is 217 g/mol. The summed E-state index contributed by atoms with van der Waals surface area (Å²) in [7, 11) is 0. The maximum absolute atomic E-state index is 5.52. The molecule has 2 nitrogen and oxygen atoms in total. The molecule has 0 saturated heterocycles. The standard InChI is InChI=1S/C14H19NO/c1-3-16-14-8-10-15(11-9-14)13-6-4-12(2)5-7-13/h4-8H,3,9-11H2,1-2H3. The second-order valence-electron chi connectivity index (χ2n) is 4.14. The van der Waals surface area contributed by atoms with Gasteiger partial charge >= 0.3 is 0 Å². The molecular formula is C14H19NO. The predicted octanol–water partition coefficient (Wildman–Crippen LogP) is 3.13. The van der Waals surface area contributed by atoms with Crippen molar-refractivity contribution >= 4 is 5.69 Å². The highest BCUT2D eigenvalue weighted by molar-refractivity contribution is 5.48. The summed E-state index contributed by atoms with van der Waals surface area (Å²) in [6.45, 7) is 6.93. The second kappa shape index (κ2) is 5.06. The summed E-state index contributed by atoms with van der Waals surface area (Å²) in [5.41, 5.74) is 2.61. The highest BCUT2D eigenvalue weighted by atomic mass is 16.5. The second-order valence-corrected chi connectivity index (χ2v) is 4.14. The van der Waals surface area contributed by atoms with E-state index in [1.165, 1.54) is 11.3 Å². The number of hydrogen-bond acceptors (Lipinski definition) is 2. The molecule has 1 aliphatic heterocycles. The zero-order valence-corrected chi connectivity index (χ0v) is 10.1. The number of rotatable bonds is 3. The number of benzene rings is 1. The molecule has 1 heterocycles. The van der Waals surface area contributed by atoms with Crippen molar-refractivity contribution in [1.29, 1.82) is 0 Å². The summed E-state index contributed by atoms with van der Waals surface area (Å²) in [5.74, 6) is 1.14. The molecule has 2 rings (SSSR count). The molecule has 0 unspecified atom stereocenters. The van der Waals surface area contributed by atoms with Gasteiger partial charge in [0, 0.05) is 25.2 Å². The fourth-order valence-corrected chi connectivity index (χ4v) is 1.96. The lowest BCUT2D eigenvalue weighted by Gasteiger charge is -2.28. The Morgan fingerprint density at radius 3 is 2.56 bits per heavy atom. The minimum absolute atomic E-state index is 0.774.